The maximum Gasteiger partial charge on any atom is 0 e. The first-order valence-electron chi connectivity index (χ1n) is 5.25. The number of hydrogen-bond donors (Lipinski definition) is 0. The van der Waals surface area contributed by atoms with E-state index in [4.69, 9.17) is 0 Å². The van der Waals surface area contributed by atoms with Crippen LogP contribution in [0.4, 0.5) is 0 Å². The normalized spacial score (nSPS) is 16.6. The summed E-state index contributed by atoms with van der Waals surface area (Å²) in [4.78, 5) is 2.00. The van der Waals surface area contributed by atoms with Crippen molar-refractivity contribution in [3.8, 4) is 0 Å². The van der Waals surface area contributed by atoms with Crippen molar-refractivity contribution < 1.29 is 21.7 Å². The monoisotopic (exact) mass is 243 g/mol. The van der Waals surface area contributed by atoms with Gasteiger partial charge in [-0.1, -0.05) is 18.1 Å². The summed E-state index contributed by atoms with van der Waals surface area (Å²) in [7, 11) is 6.00. The van der Waals surface area contributed by atoms with Gasteiger partial charge in [0.1, 0.15) is 0 Å². The predicted molar refractivity (Wildman–Crippen MR) is 65.5 cm³/mol. The van der Waals surface area contributed by atoms with Crippen LogP contribution in [0.1, 0.15) is 34.6 Å². The summed E-state index contributed by atoms with van der Waals surface area (Å²) in [5.41, 5.74) is 6.11. The zero-order valence-electron chi connectivity index (χ0n) is 11.5. The second-order valence-corrected chi connectivity index (χ2v) is 4.68. The van der Waals surface area contributed by atoms with Gasteiger partial charge in [0.2, 0.25) is 0 Å². The van der Waals surface area contributed by atoms with Gasteiger partial charge in [0.25, 0.3) is 0 Å². The van der Waals surface area contributed by atoms with E-state index in [0.29, 0.717) is 5.92 Å². The SMILES string of the molecule is CC1=C(C)C(C)C(C)=C1C.CN(C)C.[Ti]. The Hall–Kier alpha value is 0.154. The maximum absolute atomic E-state index is 2.28. The molecule has 0 fully saturated rings. The molecule has 0 aromatic carbocycles. The van der Waals surface area contributed by atoms with E-state index in [2.05, 4.69) is 34.6 Å². The molecule has 0 bridgehead atoms. The first-order chi connectivity index (χ1) is 6.29. The van der Waals surface area contributed by atoms with Crippen LogP contribution in [0, 0.1) is 5.92 Å². The van der Waals surface area contributed by atoms with E-state index in [0.717, 1.165) is 0 Å². The third-order valence-corrected chi connectivity index (χ3v) is 3.04. The molecule has 15 heavy (non-hydrogen) atoms. The molecule has 2 heteroatoms. The molecule has 1 aliphatic carbocycles. The van der Waals surface area contributed by atoms with Crippen LogP contribution >= 0.6 is 0 Å². The van der Waals surface area contributed by atoms with Gasteiger partial charge in [0.15, 0.2) is 0 Å². The summed E-state index contributed by atoms with van der Waals surface area (Å²) in [6, 6.07) is 0. The fourth-order valence-electron chi connectivity index (χ4n) is 1.57. The number of nitrogens with zero attached hydrogens (tertiary/aromatic N) is 1. The first kappa shape index (κ1) is 17.5. The Morgan fingerprint density at radius 1 is 0.800 bits per heavy atom. The molecule has 0 unspecified atom stereocenters. The van der Waals surface area contributed by atoms with Crippen LogP contribution in [0.15, 0.2) is 22.3 Å². The van der Waals surface area contributed by atoms with Crippen molar-refractivity contribution in [3.05, 3.63) is 22.3 Å². The molecule has 0 aromatic rings. The van der Waals surface area contributed by atoms with E-state index in [1.807, 2.05) is 26.0 Å². The largest absolute Gasteiger partial charge is 0.312 e. The molecule has 1 aliphatic rings. The Balaban J connectivity index is 0. The summed E-state index contributed by atoms with van der Waals surface area (Å²) in [5.74, 6) is 0.694. The van der Waals surface area contributed by atoms with Gasteiger partial charge in [0.05, 0.1) is 0 Å². The average Bonchev–Trinajstić information content (AvgIpc) is 2.23. The van der Waals surface area contributed by atoms with Gasteiger partial charge in [0, 0.05) is 21.7 Å². The van der Waals surface area contributed by atoms with E-state index < -0.39 is 0 Å². The molecule has 0 N–H and O–H groups in total. The van der Waals surface area contributed by atoms with Crippen molar-refractivity contribution in [1.82, 2.24) is 4.90 Å². The van der Waals surface area contributed by atoms with E-state index in [-0.39, 0.29) is 21.7 Å². The third-order valence-electron chi connectivity index (χ3n) is 3.04. The van der Waals surface area contributed by atoms with E-state index in [1.54, 1.807) is 11.1 Å². The molecular formula is C13H25NTi. The molecule has 0 heterocycles. The quantitative estimate of drug-likeness (QED) is 0.589. The van der Waals surface area contributed by atoms with Crippen LogP contribution in [0.3, 0.4) is 0 Å². The summed E-state index contributed by atoms with van der Waals surface area (Å²) < 4.78 is 0. The standard InChI is InChI=1S/C10H16.C3H9N.Ti/c1-6-7(2)9(4)10(5)8(6)3;1-4(2)3;/h6H,1-5H3;1-3H3;. The molecule has 0 atom stereocenters. The van der Waals surface area contributed by atoms with Gasteiger partial charge < -0.3 is 4.90 Å². The van der Waals surface area contributed by atoms with Crippen molar-refractivity contribution in [2.45, 2.75) is 34.6 Å². The topological polar surface area (TPSA) is 3.24 Å². The van der Waals surface area contributed by atoms with Gasteiger partial charge in [-0.05, 0) is 65.9 Å². The second kappa shape index (κ2) is 7.43. The number of allylic oxidation sites excluding steroid dienone is 4. The fourth-order valence-corrected chi connectivity index (χ4v) is 1.57. The number of hydrogen-bond acceptors (Lipinski definition) is 1. The average molecular weight is 243 g/mol. The summed E-state index contributed by atoms with van der Waals surface area (Å²) in [6.07, 6.45) is 0. The van der Waals surface area contributed by atoms with Crippen molar-refractivity contribution in [2.75, 3.05) is 21.1 Å². The van der Waals surface area contributed by atoms with Gasteiger partial charge in [-0.15, -0.1) is 0 Å². The maximum atomic E-state index is 2.28. The molecule has 0 amide bonds. The minimum atomic E-state index is 0. The molecular weight excluding hydrogens is 218 g/mol. The minimum Gasteiger partial charge on any atom is -0.312 e. The third kappa shape index (κ3) is 5.15. The Kier molecular flexibility index (Phi) is 8.69. The fraction of sp³-hybridized carbons (Fsp3) is 0.692. The summed E-state index contributed by atoms with van der Waals surface area (Å²) >= 11 is 0. The molecule has 1 rings (SSSR count). The number of rotatable bonds is 0. The van der Waals surface area contributed by atoms with Crippen LogP contribution in [0.5, 0.6) is 0 Å². The second-order valence-electron chi connectivity index (χ2n) is 4.68. The van der Waals surface area contributed by atoms with Gasteiger partial charge in [-0.2, -0.15) is 0 Å². The molecule has 1 nitrogen and oxygen atoms in total. The Labute approximate surface area is 111 Å². The zero-order chi connectivity index (χ0) is 11.5. The predicted octanol–water partition coefficient (Wildman–Crippen LogP) is 3.48. The van der Waals surface area contributed by atoms with Crippen LogP contribution in [-0.4, -0.2) is 26.0 Å². The van der Waals surface area contributed by atoms with E-state index in [9.17, 15) is 0 Å². The smallest absolute Gasteiger partial charge is 0 e. The summed E-state index contributed by atoms with van der Waals surface area (Å²) in [5, 5.41) is 0. The molecule has 0 saturated heterocycles. The molecule has 0 aliphatic heterocycles. The van der Waals surface area contributed by atoms with Crippen molar-refractivity contribution in [2.24, 2.45) is 5.92 Å². The van der Waals surface area contributed by atoms with Gasteiger partial charge >= 0.3 is 0 Å². The Morgan fingerprint density at radius 2 is 1.00 bits per heavy atom. The summed E-state index contributed by atoms with van der Waals surface area (Å²) in [6.45, 7) is 11.2. The van der Waals surface area contributed by atoms with Crippen molar-refractivity contribution >= 4 is 0 Å². The van der Waals surface area contributed by atoms with Crippen molar-refractivity contribution in [3.63, 3.8) is 0 Å². The van der Waals surface area contributed by atoms with Crippen LogP contribution in [0.25, 0.3) is 0 Å². The Bertz CT molecular complexity index is 235. The van der Waals surface area contributed by atoms with Gasteiger partial charge in [-0.3, -0.25) is 0 Å². The van der Waals surface area contributed by atoms with Crippen LogP contribution < -0.4 is 0 Å². The van der Waals surface area contributed by atoms with Gasteiger partial charge in [-0.25, -0.2) is 0 Å². The molecule has 0 aromatic heterocycles. The van der Waals surface area contributed by atoms with Crippen LogP contribution in [0.2, 0.25) is 0 Å². The van der Waals surface area contributed by atoms with E-state index >= 15 is 0 Å². The van der Waals surface area contributed by atoms with Crippen LogP contribution in [-0.2, 0) is 21.7 Å². The Morgan fingerprint density at radius 3 is 1.07 bits per heavy atom. The van der Waals surface area contributed by atoms with Crippen molar-refractivity contribution in [1.29, 1.82) is 0 Å². The minimum absolute atomic E-state index is 0. The van der Waals surface area contributed by atoms with E-state index in [1.165, 1.54) is 11.1 Å². The molecule has 86 valence electrons. The zero-order valence-corrected chi connectivity index (χ0v) is 13.1. The first-order valence-corrected chi connectivity index (χ1v) is 5.25. The molecule has 0 saturated carbocycles. The molecule has 0 radical (unpaired) electrons. The molecule has 0 spiro atoms.